The summed E-state index contributed by atoms with van der Waals surface area (Å²) in [5.41, 5.74) is 2.99. The lowest BCUT2D eigenvalue weighted by Crippen LogP contribution is -2.24. The second-order valence-corrected chi connectivity index (χ2v) is 4.10. The Hall–Kier alpha value is -1.53. The third-order valence-electron chi connectivity index (χ3n) is 3.24. The first kappa shape index (κ1) is 8.75. The molecule has 2 heterocycles. The van der Waals surface area contributed by atoms with Crippen LogP contribution in [0.4, 0.5) is 11.4 Å². The Kier molecular flexibility index (Phi) is 1.90. The Morgan fingerprint density at radius 1 is 1.47 bits per heavy atom. The van der Waals surface area contributed by atoms with Gasteiger partial charge in [-0.15, -0.1) is 0 Å². The van der Waals surface area contributed by atoms with Gasteiger partial charge >= 0.3 is 0 Å². The minimum absolute atomic E-state index is 0.211. The minimum Gasteiger partial charge on any atom is -0.384 e. The lowest BCUT2D eigenvalue weighted by Gasteiger charge is -2.28. The highest BCUT2D eigenvalue weighted by Crippen LogP contribution is 2.42. The van der Waals surface area contributed by atoms with Gasteiger partial charge in [0.15, 0.2) is 5.69 Å². The van der Waals surface area contributed by atoms with Crippen LogP contribution in [0.15, 0.2) is 18.2 Å². The summed E-state index contributed by atoms with van der Waals surface area (Å²) in [7, 11) is 0. The number of rotatable bonds is 0. The lowest BCUT2D eigenvalue weighted by molar-refractivity contribution is 0.0913. The monoisotopic (exact) mass is 200 g/mol. The summed E-state index contributed by atoms with van der Waals surface area (Å²) in [6.45, 7) is 8.85. The van der Waals surface area contributed by atoms with E-state index in [4.69, 9.17) is 11.3 Å². The Bertz CT molecular complexity index is 436. The van der Waals surface area contributed by atoms with Gasteiger partial charge in [-0.1, -0.05) is 6.07 Å². The van der Waals surface area contributed by atoms with Crippen LogP contribution in [-0.2, 0) is 4.74 Å². The van der Waals surface area contributed by atoms with Crippen LogP contribution in [0.3, 0.4) is 0 Å². The molecule has 0 radical (unpaired) electrons. The zero-order valence-electron chi connectivity index (χ0n) is 8.36. The van der Waals surface area contributed by atoms with Crippen molar-refractivity contribution in [3.63, 3.8) is 0 Å². The molecule has 0 saturated carbocycles. The maximum absolute atomic E-state index is 7.01. The van der Waals surface area contributed by atoms with Gasteiger partial charge in [-0.25, -0.2) is 4.85 Å². The molecule has 3 rings (SSSR count). The first-order valence-corrected chi connectivity index (χ1v) is 5.25. The number of benzene rings is 1. The highest BCUT2D eigenvalue weighted by molar-refractivity contribution is 5.62. The number of hydrogen-bond acceptors (Lipinski definition) is 2. The van der Waals surface area contributed by atoms with Gasteiger partial charge in [0.05, 0.1) is 12.7 Å². The molecular weight excluding hydrogens is 188 g/mol. The molecule has 2 atom stereocenters. The summed E-state index contributed by atoms with van der Waals surface area (Å²) >= 11 is 0. The smallest absolute Gasteiger partial charge is 0.187 e. The van der Waals surface area contributed by atoms with Gasteiger partial charge in [-0.3, -0.25) is 0 Å². The molecule has 1 fully saturated rings. The Balaban J connectivity index is 2.07. The fourth-order valence-electron chi connectivity index (χ4n) is 2.44. The zero-order valence-corrected chi connectivity index (χ0v) is 8.36. The van der Waals surface area contributed by atoms with Crippen molar-refractivity contribution in [2.75, 3.05) is 18.5 Å². The number of hydrogen-bond donors (Lipinski definition) is 1. The molecule has 15 heavy (non-hydrogen) atoms. The molecule has 1 N–H and O–H groups in total. The van der Waals surface area contributed by atoms with Gasteiger partial charge in [0.1, 0.15) is 0 Å². The normalized spacial score (nSPS) is 27.4. The fraction of sp³-hybridized carbons (Fsp3) is 0.417. The molecule has 3 nitrogen and oxygen atoms in total. The fourth-order valence-corrected chi connectivity index (χ4v) is 2.44. The van der Waals surface area contributed by atoms with Gasteiger partial charge in [-0.2, -0.15) is 0 Å². The van der Waals surface area contributed by atoms with Crippen molar-refractivity contribution < 1.29 is 4.74 Å². The first-order chi connectivity index (χ1) is 7.38. The van der Waals surface area contributed by atoms with Crippen LogP contribution in [0.2, 0.25) is 0 Å². The highest BCUT2D eigenvalue weighted by Gasteiger charge is 2.34. The van der Waals surface area contributed by atoms with Crippen molar-refractivity contribution in [1.82, 2.24) is 0 Å². The average Bonchev–Trinajstić information content (AvgIpc) is 2.76. The molecule has 0 aromatic heterocycles. The van der Waals surface area contributed by atoms with Crippen molar-refractivity contribution in [2.24, 2.45) is 5.92 Å². The highest BCUT2D eigenvalue weighted by atomic mass is 16.5. The van der Waals surface area contributed by atoms with Crippen molar-refractivity contribution >= 4 is 11.4 Å². The van der Waals surface area contributed by atoms with Crippen LogP contribution in [-0.4, -0.2) is 13.2 Å². The summed E-state index contributed by atoms with van der Waals surface area (Å²) in [6.07, 6.45) is 1.34. The Morgan fingerprint density at radius 2 is 2.40 bits per heavy atom. The second kappa shape index (κ2) is 3.25. The number of ether oxygens (including phenoxy) is 1. The van der Waals surface area contributed by atoms with Gasteiger partial charge in [0, 0.05) is 24.8 Å². The van der Waals surface area contributed by atoms with Crippen molar-refractivity contribution in [2.45, 2.75) is 12.5 Å². The summed E-state index contributed by atoms with van der Waals surface area (Å²) in [5, 5.41) is 3.40. The van der Waals surface area contributed by atoms with Crippen LogP contribution in [0.1, 0.15) is 18.1 Å². The summed E-state index contributed by atoms with van der Waals surface area (Å²) in [6, 6.07) is 5.80. The molecule has 1 aromatic rings. The standard InChI is InChI=1S/C12H12N2O/c1-13-9-2-3-11-10(6-9)12-8(7-14-11)4-5-15-12/h2-3,6,8,12,14H,4-5,7H2/t8-,12?/m0/s1. The predicted octanol–water partition coefficient (Wildman–Crippen LogP) is 2.74. The van der Waals surface area contributed by atoms with E-state index in [1.54, 1.807) is 0 Å². The van der Waals surface area contributed by atoms with E-state index in [1.807, 2.05) is 18.2 Å². The van der Waals surface area contributed by atoms with Gasteiger partial charge in [-0.05, 0) is 24.1 Å². The summed E-state index contributed by atoms with van der Waals surface area (Å²) in [5.74, 6) is 0.582. The third-order valence-corrected chi connectivity index (χ3v) is 3.24. The van der Waals surface area contributed by atoms with Gasteiger partial charge in [0.25, 0.3) is 0 Å². The molecule has 0 amide bonds. The number of anilines is 1. The van der Waals surface area contributed by atoms with E-state index < -0.39 is 0 Å². The summed E-state index contributed by atoms with van der Waals surface area (Å²) in [4.78, 5) is 3.46. The second-order valence-electron chi connectivity index (χ2n) is 4.10. The molecule has 2 aliphatic heterocycles. The minimum atomic E-state index is 0.211. The maximum Gasteiger partial charge on any atom is 0.187 e. The first-order valence-electron chi connectivity index (χ1n) is 5.25. The van der Waals surface area contributed by atoms with E-state index in [2.05, 4.69) is 10.2 Å². The molecule has 76 valence electrons. The molecule has 3 heteroatoms. The van der Waals surface area contributed by atoms with E-state index in [0.29, 0.717) is 11.6 Å². The number of nitrogens with one attached hydrogen (secondary N) is 1. The van der Waals surface area contributed by atoms with Gasteiger partial charge < -0.3 is 10.1 Å². The lowest BCUT2D eigenvalue weighted by atomic mass is 9.90. The molecule has 1 unspecified atom stereocenters. The summed E-state index contributed by atoms with van der Waals surface area (Å²) < 4.78 is 5.74. The number of fused-ring (bicyclic) bond motifs is 3. The third kappa shape index (κ3) is 1.30. The van der Waals surface area contributed by atoms with E-state index in [1.165, 1.54) is 0 Å². The van der Waals surface area contributed by atoms with Crippen LogP contribution < -0.4 is 5.32 Å². The van der Waals surface area contributed by atoms with E-state index in [9.17, 15) is 0 Å². The van der Waals surface area contributed by atoms with Gasteiger partial charge in [0.2, 0.25) is 0 Å². The quantitative estimate of drug-likeness (QED) is 0.651. The van der Waals surface area contributed by atoms with Crippen LogP contribution in [0, 0.1) is 12.5 Å². The Labute approximate surface area is 88.9 Å². The molecule has 0 bridgehead atoms. The number of nitrogens with zero attached hydrogens (tertiary/aromatic N) is 1. The van der Waals surface area contributed by atoms with E-state index in [0.717, 1.165) is 30.8 Å². The van der Waals surface area contributed by atoms with Crippen LogP contribution >= 0.6 is 0 Å². The molecule has 1 saturated heterocycles. The maximum atomic E-state index is 7.01. The zero-order chi connectivity index (χ0) is 10.3. The average molecular weight is 200 g/mol. The van der Waals surface area contributed by atoms with Crippen LogP contribution in [0.25, 0.3) is 4.85 Å². The molecule has 0 spiro atoms. The van der Waals surface area contributed by atoms with Crippen molar-refractivity contribution in [1.29, 1.82) is 0 Å². The Morgan fingerprint density at radius 3 is 3.27 bits per heavy atom. The van der Waals surface area contributed by atoms with Crippen molar-refractivity contribution in [3.8, 4) is 0 Å². The SMILES string of the molecule is [C-]#[N+]c1ccc2c(c1)C1OCC[C@H]1CN2. The van der Waals surface area contributed by atoms with E-state index in [-0.39, 0.29) is 6.10 Å². The largest absolute Gasteiger partial charge is 0.384 e. The molecular formula is C12H12N2O. The topological polar surface area (TPSA) is 25.6 Å². The molecule has 1 aromatic carbocycles. The van der Waals surface area contributed by atoms with Crippen molar-refractivity contribution in [3.05, 3.63) is 35.2 Å². The van der Waals surface area contributed by atoms with Crippen LogP contribution in [0.5, 0.6) is 0 Å². The molecule has 2 aliphatic rings. The van der Waals surface area contributed by atoms with E-state index >= 15 is 0 Å². The predicted molar refractivity (Wildman–Crippen MR) is 58.0 cm³/mol. The molecule has 0 aliphatic carbocycles.